The molecule has 27 heavy (non-hydrogen) atoms. The highest BCUT2D eigenvalue weighted by molar-refractivity contribution is 5.77. The second-order valence-corrected chi connectivity index (χ2v) is 6.06. The molecule has 0 spiro atoms. The maximum atomic E-state index is 14.0. The average molecular weight is 404 g/mol. The van der Waals surface area contributed by atoms with Crippen LogP contribution in [0.5, 0.6) is 5.75 Å². The van der Waals surface area contributed by atoms with Gasteiger partial charge in [-0.25, -0.2) is 18.0 Å². The molecule has 1 aromatic carbocycles. The monoisotopic (exact) mass is 404 g/mol. The van der Waals surface area contributed by atoms with E-state index < -0.39 is 72.4 Å². The molecule has 1 fully saturated rings. The van der Waals surface area contributed by atoms with Gasteiger partial charge in [-0.1, -0.05) is 13.0 Å². The van der Waals surface area contributed by atoms with Crippen molar-refractivity contribution in [3.05, 3.63) is 29.3 Å². The molecule has 0 amide bonds. The molecule has 0 saturated carbocycles. The molecule has 0 N–H and O–H groups in total. The summed E-state index contributed by atoms with van der Waals surface area (Å²) in [5.74, 6) is -8.67. The first-order valence-electron chi connectivity index (χ1n) is 7.63. The van der Waals surface area contributed by atoms with E-state index in [4.69, 9.17) is 4.74 Å². The van der Waals surface area contributed by atoms with Gasteiger partial charge >= 0.3 is 12.1 Å². The van der Waals surface area contributed by atoms with Crippen molar-refractivity contribution in [3.63, 3.8) is 0 Å². The minimum Gasteiger partial charge on any atom is -0.459 e. The zero-order valence-electron chi connectivity index (χ0n) is 14.1. The third kappa shape index (κ3) is 3.56. The van der Waals surface area contributed by atoms with Gasteiger partial charge in [0, 0.05) is 17.4 Å². The molecule has 1 aliphatic heterocycles. The van der Waals surface area contributed by atoms with E-state index in [2.05, 4.69) is 9.47 Å². The van der Waals surface area contributed by atoms with Crippen LogP contribution in [0.25, 0.3) is 0 Å². The maximum Gasteiger partial charge on any atom is 0.417 e. The summed E-state index contributed by atoms with van der Waals surface area (Å²) in [6, 6.07) is 1.44. The van der Waals surface area contributed by atoms with E-state index >= 15 is 0 Å². The van der Waals surface area contributed by atoms with E-state index in [1.807, 2.05) is 0 Å². The molecule has 4 nitrogen and oxygen atoms in total. The normalized spacial score (nSPS) is 28.3. The Morgan fingerprint density at radius 1 is 1.22 bits per heavy atom. The summed E-state index contributed by atoms with van der Waals surface area (Å²) in [7, 11) is 0. The molecule has 0 aliphatic carbocycles. The number of benzene rings is 1. The van der Waals surface area contributed by atoms with Crippen molar-refractivity contribution in [2.75, 3.05) is 13.7 Å². The number of hydrogen-bond acceptors (Lipinski definition) is 4. The predicted octanol–water partition coefficient (Wildman–Crippen LogP) is 4.18. The maximum absolute atomic E-state index is 14.0. The van der Waals surface area contributed by atoms with Crippen LogP contribution in [0.4, 0.5) is 30.7 Å². The highest BCUT2D eigenvalue weighted by Gasteiger charge is 2.66. The second kappa shape index (κ2) is 7.53. The number of hydrogen-bond donors (Lipinski definition) is 0. The number of esters is 1. The van der Waals surface area contributed by atoms with E-state index in [1.165, 1.54) is 0 Å². The molecule has 0 aromatic heterocycles. The lowest BCUT2D eigenvalue weighted by atomic mass is 9.77. The Morgan fingerprint density at radius 2 is 1.85 bits per heavy atom. The summed E-state index contributed by atoms with van der Waals surface area (Å²) < 4.78 is 106. The van der Waals surface area contributed by atoms with Crippen LogP contribution in [-0.4, -0.2) is 37.6 Å². The van der Waals surface area contributed by atoms with E-state index in [9.17, 15) is 35.5 Å². The van der Waals surface area contributed by atoms with Crippen LogP contribution in [0.3, 0.4) is 0 Å². The molecular weight excluding hydrogens is 389 g/mol. The van der Waals surface area contributed by atoms with Crippen molar-refractivity contribution in [1.82, 2.24) is 0 Å². The van der Waals surface area contributed by atoms with Crippen molar-refractivity contribution in [2.45, 2.75) is 37.6 Å². The summed E-state index contributed by atoms with van der Waals surface area (Å²) in [4.78, 5) is 12.0. The molecule has 1 heterocycles. The average Bonchev–Trinajstić information content (AvgIpc) is 2.86. The van der Waals surface area contributed by atoms with Gasteiger partial charge in [0.25, 0.3) is 0 Å². The molecule has 11 heteroatoms. The van der Waals surface area contributed by atoms with Crippen LogP contribution in [0.15, 0.2) is 12.1 Å². The Bertz CT molecular complexity index is 709. The van der Waals surface area contributed by atoms with Gasteiger partial charge in [-0.15, -0.1) is 0 Å². The number of rotatable bonds is 5. The zero-order valence-corrected chi connectivity index (χ0v) is 14.1. The Morgan fingerprint density at radius 3 is 2.37 bits per heavy atom. The van der Waals surface area contributed by atoms with Gasteiger partial charge in [-0.3, -0.25) is 0 Å². The standard InChI is InChI=1S/C16H15F7O4/c1-7-10(8-3-4-9(19)11(20)12(8)25-5-17)13(14(24)26-6-18)27-15(7,2)16(21,22)23/h3-4,7,10,13H,5-6H2,1-2H3/t7-,10-,13+,15+/m0/s1. The number of ether oxygens (including phenoxy) is 3. The van der Waals surface area contributed by atoms with E-state index in [0.29, 0.717) is 13.0 Å². The lowest BCUT2D eigenvalue weighted by Gasteiger charge is -2.31. The summed E-state index contributed by atoms with van der Waals surface area (Å²) in [5, 5.41) is 0. The van der Waals surface area contributed by atoms with Crippen LogP contribution in [0.1, 0.15) is 25.3 Å². The Labute approximate surface area is 149 Å². The molecule has 1 aromatic rings. The minimum atomic E-state index is -4.96. The van der Waals surface area contributed by atoms with E-state index in [0.717, 1.165) is 13.0 Å². The molecule has 4 atom stereocenters. The van der Waals surface area contributed by atoms with E-state index in [1.54, 1.807) is 0 Å². The number of carbonyl (C=O) groups excluding carboxylic acids is 1. The van der Waals surface area contributed by atoms with Gasteiger partial charge in [0.05, 0.1) is 0 Å². The van der Waals surface area contributed by atoms with Crippen molar-refractivity contribution in [1.29, 1.82) is 0 Å². The van der Waals surface area contributed by atoms with Gasteiger partial charge in [0.1, 0.15) is 0 Å². The lowest BCUT2D eigenvalue weighted by Crippen LogP contribution is -2.47. The van der Waals surface area contributed by atoms with Gasteiger partial charge < -0.3 is 14.2 Å². The third-order valence-electron chi connectivity index (χ3n) is 4.74. The Kier molecular flexibility index (Phi) is 5.93. The fraction of sp³-hybridized carbons (Fsp3) is 0.562. The number of alkyl halides is 5. The first kappa shape index (κ1) is 21.3. The first-order valence-corrected chi connectivity index (χ1v) is 7.63. The fourth-order valence-corrected chi connectivity index (χ4v) is 3.15. The van der Waals surface area contributed by atoms with Crippen LogP contribution in [-0.2, 0) is 14.3 Å². The summed E-state index contributed by atoms with van der Waals surface area (Å²) in [5.41, 5.74) is -3.33. The van der Waals surface area contributed by atoms with Crippen LogP contribution >= 0.6 is 0 Å². The molecule has 0 bridgehead atoms. The molecule has 1 aliphatic rings. The molecule has 1 saturated heterocycles. The largest absolute Gasteiger partial charge is 0.459 e. The minimum absolute atomic E-state index is 0.437. The molecule has 0 radical (unpaired) electrons. The number of halogens is 7. The third-order valence-corrected chi connectivity index (χ3v) is 4.74. The van der Waals surface area contributed by atoms with Gasteiger partial charge in [0.2, 0.25) is 19.5 Å². The van der Waals surface area contributed by atoms with Crippen molar-refractivity contribution in [3.8, 4) is 5.75 Å². The fourth-order valence-electron chi connectivity index (χ4n) is 3.15. The zero-order chi connectivity index (χ0) is 20.6. The van der Waals surface area contributed by atoms with Gasteiger partial charge in [0.15, 0.2) is 23.3 Å². The molecular formula is C16H15F7O4. The lowest BCUT2D eigenvalue weighted by molar-refractivity contribution is -0.274. The van der Waals surface area contributed by atoms with Crippen molar-refractivity contribution in [2.24, 2.45) is 5.92 Å². The van der Waals surface area contributed by atoms with Crippen LogP contribution < -0.4 is 4.74 Å². The predicted molar refractivity (Wildman–Crippen MR) is 76.3 cm³/mol. The van der Waals surface area contributed by atoms with Gasteiger partial charge in [-0.05, 0) is 13.0 Å². The quantitative estimate of drug-likeness (QED) is 0.546. The summed E-state index contributed by atoms with van der Waals surface area (Å²) in [6.07, 6.45) is -6.97. The van der Waals surface area contributed by atoms with Crippen LogP contribution in [0.2, 0.25) is 0 Å². The number of carbonyl (C=O) groups is 1. The SMILES string of the molecule is C[C@H]1[C@@H](c2ccc(F)c(F)c2OCF)[C@H](C(=O)OCF)O[C@@]1(C)C(F)(F)F. The highest BCUT2D eigenvalue weighted by Crippen LogP contribution is 2.55. The van der Waals surface area contributed by atoms with E-state index in [-0.39, 0.29) is 0 Å². The highest BCUT2D eigenvalue weighted by atomic mass is 19.4. The molecule has 152 valence electrons. The molecule has 0 unspecified atom stereocenters. The smallest absolute Gasteiger partial charge is 0.417 e. The van der Waals surface area contributed by atoms with Crippen molar-refractivity contribution < 1.29 is 49.7 Å². The Balaban J connectivity index is 2.64. The van der Waals surface area contributed by atoms with Crippen LogP contribution in [0, 0.1) is 17.6 Å². The summed E-state index contributed by atoms with van der Waals surface area (Å²) >= 11 is 0. The van der Waals surface area contributed by atoms with Gasteiger partial charge in [-0.2, -0.15) is 17.6 Å². The molecule has 2 rings (SSSR count). The summed E-state index contributed by atoms with van der Waals surface area (Å²) in [6.45, 7) is -1.52. The Hall–Kier alpha value is -2.04. The second-order valence-electron chi connectivity index (χ2n) is 6.06. The van der Waals surface area contributed by atoms with Crippen molar-refractivity contribution >= 4 is 5.97 Å². The topological polar surface area (TPSA) is 44.8 Å². The first-order chi connectivity index (χ1) is 12.5.